The van der Waals surface area contributed by atoms with E-state index in [9.17, 15) is 0 Å². The van der Waals surface area contributed by atoms with Gasteiger partial charge in [0.05, 0.1) is 0 Å². The van der Waals surface area contributed by atoms with E-state index in [4.69, 9.17) is 11.1 Å². The van der Waals surface area contributed by atoms with Crippen LogP contribution in [-0.2, 0) is 0 Å². The highest BCUT2D eigenvalue weighted by Crippen LogP contribution is 2.25. The van der Waals surface area contributed by atoms with Gasteiger partial charge in [-0.2, -0.15) is 0 Å². The summed E-state index contributed by atoms with van der Waals surface area (Å²) >= 11 is 1.50. The fourth-order valence-corrected chi connectivity index (χ4v) is 2.26. The second-order valence-corrected chi connectivity index (χ2v) is 4.75. The van der Waals surface area contributed by atoms with Gasteiger partial charge in [0, 0.05) is 30.7 Å². The van der Waals surface area contributed by atoms with Gasteiger partial charge in [-0.3, -0.25) is 5.41 Å². The van der Waals surface area contributed by atoms with Crippen LogP contribution in [0.15, 0.2) is 29.6 Å². The van der Waals surface area contributed by atoms with E-state index >= 15 is 0 Å². The predicted molar refractivity (Wildman–Crippen MR) is 72.9 cm³/mol. The Morgan fingerprint density at radius 3 is 2.41 bits per heavy atom. The molecule has 0 saturated heterocycles. The van der Waals surface area contributed by atoms with Crippen molar-refractivity contribution in [1.82, 2.24) is 4.98 Å². The van der Waals surface area contributed by atoms with Crippen LogP contribution in [0.4, 0.5) is 5.69 Å². The smallest absolute Gasteiger partial charge is 0.142 e. The number of benzene rings is 1. The summed E-state index contributed by atoms with van der Waals surface area (Å²) < 4.78 is 0. The van der Waals surface area contributed by atoms with Crippen LogP contribution in [0.1, 0.15) is 5.69 Å². The largest absolute Gasteiger partial charge is 0.382 e. The first kappa shape index (κ1) is 11.6. The van der Waals surface area contributed by atoms with E-state index in [-0.39, 0.29) is 5.84 Å². The van der Waals surface area contributed by atoms with Crippen molar-refractivity contribution in [3.05, 3.63) is 35.3 Å². The van der Waals surface area contributed by atoms with Gasteiger partial charge in [-0.1, -0.05) is 0 Å². The molecule has 0 atom stereocenters. The second kappa shape index (κ2) is 4.55. The zero-order chi connectivity index (χ0) is 12.4. The van der Waals surface area contributed by atoms with Crippen LogP contribution in [0.25, 0.3) is 10.6 Å². The third-order valence-electron chi connectivity index (χ3n) is 2.41. The van der Waals surface area contributed by atoms with Gasteiger partial charge in [0.2, 0.25) is 0 Å². The molecular weight excluding hydrogens is 232 g/mol. The topological polar surface area (TPSA) is 66.0 Å². The minimum absolute atomic E-state index is 0.0115. The van der Waals surface area contributed by atoms with Crippen LogP contribution in [0.5, 0.6) is 0 Å². The highest BCUT2D eigenvalue weighted by Gasteiger charge is 2.06. The molecule has 4 nitrogen and oxygen atoms in total. The first-order valence-electron chi connectivity index (χ1n) is 5.15. The molecule has 0 amide bonds. The van der Waals surface area contributed by atoms with E-state index in [2.05, 4.69) is 4.98 Å². The first-order chi connectivity index (χ1) is 8.08. The lowest BCUT2D eigenvalue weighted by atomic mass is 10.2. The molecule has 88 valence electrons. The van der Waals surface area contributed by atoms with E-state index in [0.717, 1.165) is 16.3 Å². The molecule has 0 fully saturated rings. The zero-order valence-corrected chi connectivity index (χ0v) is 10.6. The Balaban J connectivity index is 2.30. The molecule has 1 heterocycles. The summed E-state index contributed by atoms with van der Waals surface area (Å²) in [5.41, 5.74) is 8.13. The number of anilines is 1. The van der Waals surface area contributed by atoms with Crippen molar-refractivity contribution >= 4 is 22.9 Å². The summed E-state index contributed by atoms with van der Waals surface area (Å²) in [7, 11) is 4.01. The fraction of sp³-hybridized carbons (Fsp3) is 0.167. The Labute approximate surface area is 104 Å². The summed E-state index contributed by atoms with van der Waals surface area (Å²) in [6.07, 6.45) is 0. The van der Waals surface area contributed by atoms with Crippen LogP contribution in [-0.4, -0.2) is 24.9 Å². The molecule has 0 aliphatic carbocycles. The Kier molecular flexibility index (Phi) is 3.10. The van der Waals surface area contributed by atoms with Gasteiger partial charge in [-0.15, -0.1) is 11.3 Å². The molecule has 0 unspecified atom stereocenters. The Bertz CT molecular complexity index is 528. The molecule has 0 spiro atoms. The molecule has 5 heteroatoms. The van der Waals surface area contributed by atoms with Gasteiger partial charge < -0.3 is 10.6 Å². The van der Waals surface area contributed by atoms with Gasteiger partial charge in [0.15, 0.2) is 0 Å². The lowest BCUT2D eigenvalue weighted by Crippen LogP contribution is -2.11. The molecule has 0 bridgehead atoms. The highest BCUT2D eigenvalue weighted by atomic mass is 32.1. The van der Waals surface area contributed by atoms with Crippen molar-refractivity contribution in [2.75, 3.05) is 19.0 Å². The first-order valence-corrected chi connectivity index (χ1v) is 6.03. The lowest BCUT2D eigenvalue weighted by Gasteiger charge is -2.11. The minimum Gasteiger partial charge on any atom is -0.382 e. The fourth-order valence-electron chi connectivity index (χ4n) is 1.43. The standard InChI is InChI=1S/C12H14N4S/c1-16(2)9-5-3-8(4-6-9)12-15-10(7-17-12)11(13)14/h3-7H,1-2H3,(H3,13,14). The van der Waals surface area contributed by atoms with Crippen molar-refractivity contribution in [1.29, 1.82) is 5.41 Å². The molecule has 3 N–H and O–H groups in total. The number of hydrogen-bond donors (Lipinski definition) is 2. The summed E-state index contributed by atoms with van der Waals surface area (Å²) in [5, 5.41) is 10.0. The molecule has 0 saturated carbocycles. The predicted octanol–water partition coefficient (Wildman–Crippen LogP) is 2.16. The maximum Gasteiger partial charge on any atom is 0.142 e. The van der Waals surface area contributed by atoms with E-state index < -0.39 is 0 Å². The number of rotatable bonds is 3. The highest BCUT2D eigenvalue weighted by molar-refractivity contribution is 7.13. The Hall–Kier alpha value is -1.88. The number of nitrogens with one attached hydrogen (secondary N) is 1. The van der Waals surface area contributed by atoms with E-state index in [0.29, 0.717) is 5.69 Å². The van der Waals surface area contributed by atoms with Crippen molar-refractivity contribution in [2.24, 2.45) is 5.73 Å². The van der Waals surface area contributed by atoms with E-state index in [1.165, 1.54) is 11.3 Å². The third kappa shape index (κ3) is 2.45. The molecule has 0 radical (unpaired) electrons. The molecule has 17 heavy (non-hydrogen) atoms. The molecule has 1 aromatic heterocycles. The average molecular weight is 246 g/mol. The quantitative estimate of drug-likeness (QED) is 0.644. The SMILES string of the molecule is CN(C)c1ccc(-c2nc(C(=N)N)cs2)cc1. The molecule has 2 aromatic rings. The third-order valence-corrected chi connectivity index (χ3v) is 3.30. The van der Waals surface area contributed by atoms with E-state index in [1.54, 1.807) is 5.38 Å². The number of nitrogens with zero attached hydrogens (tertiary/aromatic N) is 2. The van der Waals surface area contributed by atoms with Gasteiger partial charge in [-0.25, -0.2) is 4.98 Å². The lowest BCUT2D eigenvalue weighted by molar-refractivity contribution is 1.13. The average Bonchev–Trinajstić information content (AvgIpc) is 2.78. The minimum atomic E-state index is 0.0115. The van der Waals surface area contributed by atoms with Crippen LogP contribution in [0.3, 0.4) is 0 Å². The molecular formula is C12H14N4S. The normalized spacial score (nSPS) is 10.2. The van der Waals surface area contributed by atoms with Crippen LogP contribution >= 0.6 is 11.3 Å². The summed E-state index contributed by atoms with van der Waals surface area (Å²) in [5.74, 6) is 0.0115. The maximum absolute atomic E-state index is 7.32. The van der Waals surface area contributed by atoms with Crippen molar-refractivity contribution in [2.45, 2.75) is 0 Å². The van der Waals surface area contributed by atoms with Crippen molar-refractivity contribution in [3.63, 3.8) is 0 Å². The van der Waals surface area contributed by atoms with Crippen LogP contribution in [0, 0.1) is 5.41 Å². The van der Waals surface area contributed by atoms with Gasteiger partial charge >= 0.3 is 0 Å². The zero-order valence-electron chi connectivity index (χ0n) is 9.77. The monoisotopic (exact) mass is 246 g/mol. The molecule has 2 rings (SSSR count). The van der Waals surface area contributed by atoms with Gasteiger partial charge in [0.25, 0.3) is 0 Å². The van der Waals surface area contributed by atoms with E-state index in [1.807, 2.05) is 43.3 Å². The van der Waals surface area contributed by atoms with Gasteiger partial charge in [0.1, 0.15) is 16.5 Å². The van der Waals surface area contributed by atoms with Crippen LogP contribution in [0.2, 0.25) is 0 Å². The Morgan fingerprint density at radius 1 is 1.29 bits per heavy atom. The summed E-state index contributed by atoms with van der Waals surface area (Å²) in [4.78, 5) is 6.36. The number of nitrogen functional groups attached to an aromatic ring is 1. The number of hydrogen-bond acceptors (Lipinski definition) is 4. The van der Waals surface area contributed by atoms with Crippen molar-refractivity contribution in [3.8, 4) is 10.6 Å². The Morgan fingerprint density at radius 2 is 1.94 bits per heavy atom. The maximum atomic E-state index is 7.32. The number of aromatic nitrogens is 1. The summed E-state index contributed by atoms with van der Waals surface area (Å²) in [6, 6.07) is 8.14. The number of amidine groups is 1. The number of nitrogens with two attached hydrogens (primary N) is 1. The molecule has 1 aromatic carbocycles. The number of thiazole rings is 1. The molecule has 0 aliphatic heterocycles. The van der Waals surface area contributed by atoms with Crippen LogP contribution < -0.4 is 10.6 Å². The summed E-state index contributed by atoms with van der Waals surface area (Å²) in [6.45, 7) is 0. The van der Waals surface area contributed by atoms with Gasteiger partial charge in [-0.05, 0) is 24.3 Å². The molecule has 0 aliphatic rings. The second-order valence-electron chi connectivity index (χ2n) is 3.89. The van der Waals surface area contributed by atoms with Crippen molar-refractivity contribution < 1.29 is 0 Å².